The van der Waals surface area contributed by atoms with Crippen molar-refractivity contribution < 1.29 is 9.47 Å². The van der Waals surface area contributed by atoms with Crippen LogP contribution in [0.1, 0.15) is 64.2 Å². The average molecular weight is 387 g/mol. The van der Waals surface area contributed by atoms with E-state index in [1.807, 2.05) is 6.20 Å². The Kier molecular flexibility index (Phi) is 7.49. The zero-order valence-corrected chi connectivity index (χ0v) is 18.4. The largest absolute Gasteiger partial charge is 0.493 e. The summed E-state index contributed by atoms with van der Waals surface area (Å²) in [5.41, 5.74) is 3.47. The van der Waals surface area contributed by atoms with Crippen LogP contribution in [0.4, 0.5) is 11.8 Å². The van der Waals surface area contributed by atoms with Crippen LogP contribution in [0.15, 0.2) is 18.3 Å². The number of nitrogens with one attached hydrogen (secondary N) is 2. The number of benzene rings is 1. The lowest BCUT2D eigenvalue weighted by Crippen LogP contribution is -2.17. The van der Waals surface area contributed by atoms with E-state index in [4.69, 9.17) is 14.5 Å². The first kappa shape index (κ1) is 21.8. The molecule has 0 aliphatic carbocycles. The molecule has 2 N–H and O–H groups in total. The van der Waals surface area contributed by atoms with Gasteiger partial charge in [-0.15, -0.1) is 0 Å². The molecular formula is C22H34N4O2. The Hall–Kier alpha value is -2.50. The summed E-state index contributed by atoms with van der Waals surface area (Å²) in [6.07, 6.45) is 2.62. The second-order valence-corrected chi connectivity index (χ2v) is 7.90. The van der Waals surface area contributed by atoms with Crippen molar-refractivity contribution in [1.82, 2.24) is 9.97 Å². The van der Waals surface area contributed by atoms with Gasteiger partial charge in [-0.05, 0) is 56.9 Å². The first-order valence-corrected chi connectivity index (χ1v) is 9.88. The van der Waals surface area contributed by atoms with Crippen LogP contribution < -0.4 is 20.1 Å². The minimum absolute atomic E-state index is 0.274. The highest BCUT2D eigenvalue weighted by Crippen LogP contribution is 2.35. The Morgan fingerprint density at radius 2 is 1.46 bits per heavy atom. The Morgan fingerprint density at radius 1 is 0.857 bits per heavy atom. The minimum Gasteiger partial charge on any atom is -0.493 e. The van der Waals surface area contributed by atoms with Crippen molar-refractivity contribution in [2.45, 2.75) is 66.0 Å². The maximum atomic E-state index is 5.53. The molecule has 6 heteroatoms. The molecule has 0 aliphatic rings. The number of hydrogen-bond donors (Lipinski definition) is 2. The smallest absolute Gasteiger partial charge is 0.224 e. The zero-order chi connectivity index (χ0) is 20.8. The number of ether oxygens (including phenoxy) is 2. The van der Waals surface area contributed by atoms with Gasteiger partial charge in [0, 0.05) is 30.3 Å². The van der Waals surface area contributed by atoms with E-state index in [9.17, 15) is 0 Å². The molecule has 2 aromatic rings. The van der Waals surface area contributed by atoms with Gasteiger partial charge in [0.2, 0.25) is 5.95 Å². The summed E-state index contributed by atoms with van der Waals surface area (Å²) in [7, 11) is 3.33. The van der Waals surface area contributed by atoms with E-state index in [2.05, 4.69) is 69.3 Å². The van der Waals surface area contributed by atoms with E-state index < -0.39 is 0 Å². The van der Waals surface area contributed by atoms with Gasteiger partial charge in [-0.25, -0.2) is 4.98 Å². The Bertz CT molecular complexity index is 788. The van der Waals surface area contributed by atoms with Crippen molar-refractivity contribution in [2.24, 2.45) is 0 Å². The van der Waals surface area contributed by atoms with E-state index in [-0.39, 0.29) is 12.1 Å². The summed E-state index contributed by atoms with van der Waals surface area (Å²) >= 11 is 0. The molecule has 1 heterocycles. The summed E-state index contributed by atoms with van der Waals surface area (Å²) in [5, 5.41) is 6.73. The third-order valence-corrected chi connectivity index (χ3v) is 4.36. The first-order valence-electron chi connectivity index (χ1n) is 9.88. The first-order chi connectivity index (χ1) is 13.2. The minimum atomic E-state index is 0.274. The van der Waals surface area contributed by atoms with E-state index in [0.717, 1.165) is 22.9 Å². The van der Waals surface area contributed by atoms with E-state index in [1.54, 1.807) is 14.2 Å². The van der Waals surface area contributed by atoms with Crippen LogP contribution in [0.2, 0.25) is 0 Å². The highest BCUT2D eigenvalue weighted by Gasteiger charge is 2.17. The molecule has 154 valence electrons. The van der Waals surface area contributed by atoms with Crippen LogP contribution in [-0.2, 0) is 6.42 Å². The van der Waals surface area contributed by atoms with Crippen LogP contribution in [0, 0.1) is 0 Å². The van der Waals surface area contributed by atoms with Crippen molar-refractivity contribution in [1.29, 1.82) is 0 Å². The number of nitrogens with zero attached hydrogens (tertiary/aromatic N) is 2. The van der Waals surface area contributed by atoms with Gasteiger partial charge in [0.05, 0.1) is 14.2 Å². The van der Waals surface area contributed by atoms with Gasteiger partial charge in [-0.2, -0.15) is 4.98 Å². The quantitative estimate of drug-likeness (QED) is 0.642. The number of rotatable bonds is 9. The Balaban J connectivity index is 2.48. The number of anilines is 2. The standard InChI is InChI=1S/C22H34N4O2/c1-13(2)18-11-20(28-8)19(27-7)10-16(18)9-17-12-23-22(25-15(5)6)26-21(17)24-14(3)4/h10-15H,9H2,1-8H3,(H2,23,24,25,26). The highest BCUT2D eigenvalue weighted by molar-refractivity contribution is 5.54. The predicted molar refractivity (Wildman–Crippen MR) is 116 cm³/mol. The highest BCUT2D eigenvalue weighted by atomic mass is 16.5. The van der Waals surface area contributed by atoms with Crippen molar-refractivity contribution in [3.63, 3.8) is 0 Å². The summed E-state index contributed by atoms with van der Waals surface area (Å²) in [4.78, 5) is 9.23. The normalized spacial score (nSPS) is 11.2. The summed E-state index contributed by atoms with van der Waals surface area (Å²) in [6.45, 7) is 12.7. The molecular weight excluding hydrogens is 352 g/mol. The van der Waals surface area contributed by atoms with Crippen molar-refractivity contribution in [2.75, 3.05) is 24.9 Å². The van der Waals surface area contributed by atoms with E-state index >= 15 is 0 Å². The van der Waals surface area contributed by atoms with Gasteiger partial charge in [0.25, 0.3) is 0 Å². The van der Waals surface area contributed by atoms with Crippen molar-refractivity contribution >= 4 is 11.8 Å². The molecule has 1 aromatic carbocycles. The van der Waals surface area contributed by atoms with Gasteiger partial charge in [0.1, 0.15) is 5.82 Å². The lowest BCUT2D eigenvalue weighted by Gasteiger charge is -2.20. The number of hydrogen-bond acceptors (Lipinski definition) is 6. The molecule has 0 unspecified atom stereocenters. The van der Waals surface area contributed by atoms with Crippen molar-refractivity contribution in [3.05, 3.63) is 35.0 Å². The predicted octanol–water partition coefficient (Wildman–Crippen LogP) is 4.85. The molecule has 2 rings (SSSR count). The second-order valence-electron chi connectivity index (χ2n) is 7.90. The summed E-state index contributed by atoms with van der Waals surface area (Å²) < 4.78 is 11.0. The van der Waals surface area contributed by atoms with Crippen LogP contribution >= 0.6 is 0 Å². The molecule has 0 saturated heterocycles. The van der Waals surface area contributed by atoms with Crippen LogP contribution in [0.5, 0.6) is 11.5 Å². The fourth-order valence-corrected chi connectivity index (χ4v) is 3.09. The van der Waals surface area contributed by atoms with Gasteiger partial charge >= 0.3 is 0 Å². The molecule has 0 radical (unpaired) electrons. The topological polar surface area (TPSA) is 68.3 Å². The maximum Gasteiger partial charge on any atom is 0.224 e. The van der Waals surface area contributed by atoms with E-state index in [0.29, 0.717) is 18.3 Å². The summed E-state index contributed by atoms with van der Waals surface area (Å²) in [5.74, 6) is 3.34. The lowest BCUT2D eigenvalue weighted by molar-refractivity contribution is 0.354. The molecule has 0 aliphatic heterocycles. The molecule has 0 amide bonds. The van der Waals surface area contributed by atoms with Gasteiger partial charge in [0.15, 0.2) is 11.5 Å². The third kappa shape index (κ3) is 5.50. The van der Waals surface area contributed by atoms with Crippen LogP contribution in [0.25, 0.3) is 0 Å². The fourth-order valence-electron chi connectivity index (χ4n) is 3.09. The van der Waals surface area contributed by atoms with Crippen LogP contribution in [-0.4, -0.2) is 36.3 Å². The third-order valence-electron chi connectivity index (χ3n) is 4.36. The van der Waals surface area contributed by atoms with E-state index in [1.165, 1.54) is 11.1 Å². The molecule has 0 fully saturated rings. The maximum absolute atomic E-state index is 5.53. The van der Waals surface area contributed by atoms with Gasteiger partial charge < -0.3 is 20.1 Å². The monoisotopic (exact) mass is 386 g/mol. The second kappa shape index (κ2) is 9.62. The molecule has 6 nitrogen and oxygen atoms in total. The van der Waals surface area contributed by atoms with Crippen molar-refractivity contribution in [3.8, 4) is 11.5 Å². The number of aromatic nitrogens is 2. The van der Waals surface area contributed by atoms with Gasteiger partial charge in [-0.1, -0.05) is 13.8 Å². The molecule has 0 spiro atoms. The molecule has 0 saturated carbocycles. The molecule has 0 atom stereocenters. The molecule has 1 aromatic heterocycles. The molecule has 0 bridgehead atoms. The van der Waals surface area contributed by atoms with Crippen LogP contribution in [0.3, 0.4) is 0 Å². The fraction of sp³-hybridized carbons (Fsp3) is 0.545. The summed E-state index contributed by atoms with van der Waals surface area (Å²) in [6, 6.07) is 4.68. The number of methoxy groups -OCH3 is 2. The Labute approximate surface area is 169 Å². The molecule has 28 heavy (non-hydrogen) atoms. The zero-order valence-electron chi connectivity index (χ0n) is 18.4. The average Bonchev–Trinajstić information content (AvgIpc) is 2.62. The van der Waals surface area contributed by atoms with Gasteiger partial charge in [-0.3, -0.25) is 0 Å². The lowest BCUT2D eigenvalue weighted by atomic mass is 9.92. The Morgan fingerprint density at radius 3 is 2.00 bits per heavy atom. The SMILES string of the molecule is COc1cc(Cc2cnc(NC(C)C)nc2NC(C)C)c(C(C)C)cc1OC.